The van der Waals surface area contributed by atoms with Gasteiger partial charge in [-0.3, -0.25) is 0 Å². The van der Waals surface area contributed by atoms with Crippen molar-refractivity contribution < 1.29 is 0 Å². The Labute approximate surface area is 68.5 Å². The monoisotopic (exact) mass is 239 g/mol. The fourth-order valence-electron chi connectivity index (χ4n) is 1.18. The second kappa shape index (κ2) is 3.49. The van der Waals surface area contributed by atoms with E-state index in [9.17, 15) is 4.91 Å². The van der Waals surface area contributed by atoms with Gasteiger partial charge in [-0.05, 0) is 12.8 Å². The SMILES string of the molecule is O=N[C@H]1CCCCC1I. The molecule has 1 aliphatic carbocycles. The predicted molar refractivity (Wildman–Crippen MR) is 45.9 cm³/mol. The maximum atomic E-state index is 10.1. The molecule has 0 N–H and O–H groups in total. The third-order valence-electron chi connectivity index (χ3n) is 1.78. The first-order valence-electron chi connectivity index (χ1n) is 3.31. The van der Waals surface area contributed by atoms with Gasteiger partial charge in [0.1, 0.15) is 6.04 Å². The smallest absolute Gasteiger partial charge is 0.104 e. The first-order chi connectivity index (χ1) is 4.34. The summed E-state index contributed by atoms with van der Waals surface area (Å²) < 4.78 is 0.508. The highest BCUT2D eigenvalue weighted by Crippen LogP contribution is 2.26. The molecular weight excluding hydrogens is 229 g/mol. The zero-order valence-electron chi connectivity index (χ0n) is 5.22. The summed E-state index contributed by atoms with van der Waals surface area (Å²) in [7, 11) is 0. The minimum Gasteiger partial charge on any atom is -0.150 e. The van der Waals surface area contributed by atoms with E-state index in [0.717, 1.165) is 6.42 Å². The van der Waals surface area contributed by atoms with Crippen molar-refractivity contribution in [3.63, 3.8) is 0 Å². The standard InChI is InChI=1S/C6H10INO/c7-5-3-1-2-4-6(5)8-9/h5-6H,1-4H2/t5?,6-/m0/s1. The normalized spacial score (nSPS) is 36.1. The third-order valence-corrected chi connectivity index (χ3v) is 3.24. The molecule has 0 saturated heterocycles. The molecule has 0 aromatic heterocycles. The number of nitrogens with zero attached hydrogens (tertiary/aromatic N) is 1. The Morgan fingerprint density at radius 1 is 1.33 bits per heavy atom. The van der Waals surface area contributed by atoms with E-state index in [2.05, 4.69) is 27.8 Å². The molecule has 1 aliphatic rings. The van der Waals surface area contributed by atoms with E-state index in [1.807, 2.05) is 0 Å². The minimum atomic E-state index is 0.111. The second-order valence-electron chi connectivity index (χ2n) is 2.47. The van der Waals surface area contributed by atoms with E-state index in [1.165, 1.54) is 19.3 Å². The molecule has 0 aromatic rings. The van der Waals surface area contributed by atoms with Gasteiger partial charge in [0.05, 0.1) is 0 Å². The van der Waals surface area contributed by atoms with Crippen LogP contribution in [0, 0.1) is 4.91 Å². The molecule has 0 heterocycles. The van der Waals surface area contributed by atoms with Crippen LogP contribution in [0.2, 0.25) is 0 Å². The first kappa shape index (κ1) is 7.44. The molecule has 1 unspecified atom stereocenters. The Morgan fingerprint density at radius 2 is 2.00 bits per heavy atom. The Morgan fingerprint density at radius 3 is 2.44 bits per heavy atom. The maximum absolute atomic E-state index is 10.1. The largest absolute Gasteiger partial charge is 0.150 e. The predicted octanol–water partition coefficient (Wildman–Crippen LogP) is 2.50. The van der Waals surface area contributed by atoms with Gasteiger partial charge in [0.2, 0.25) is 0 Å². The quantitative estimate of drug-likeness (QED) is 0.392. The molecule has 2 atom stereocenters. The summed E-state index contributed by atoms with van der Waals surface area (Å²) in [6, 6.07) is 0.111. The molecule has 3 heteroatoms. The topological polar surface area (TPSA) is 29.4 Å². The number of hydrogen-bond donors (Lipinski definition) is 0. The van der Waals surface area contributed by atoms with Crippen molar-refractivity contribution in [2.75, 3.05) is 0 Å². The van der Waals surface area contributed by atoms with Crippen LogP contribution in [0.1, 0.15) is 25.7 Å². The molecule has 9 heavy (non-hydrogen) atoms. The average Bonchev–Trinajstić information content (AvgIpc) is 1.89. The average molecular weight is 239 g/mol. The lowest BCUT2D eigenvalue weighted by Crippen LogP contribution is -2.21. The fraction of sp³-hybridized carbons (Fsp3) is 1.00. The molecule has 1 fully saturated rings. The van der Waals surface area contributed by atoms with Crippen LogP contribution in [0.3, 0.4) is 0 Å². The molecule has 1 saturated carbocycles. The third kappa shape index (κ3) is 1.88. The van der Waals surface area contributed by atoms with Gasteiger partial charge in [-0.15, -0.1) is 0 Å². The maximum Gasteiger partial charge on any atom is 0.104 e. The lowest BCUT2D eigenvalue weighted by Gasteiger charge is -2.20. The van der Waals surface area contributed by atoms with Crippen LogP contribution < -0.4 is 0 Å². The van der Waals surface area contributed by atoms with Gasteiger partial charge in [-0.1, -0.05) is 40.6 Å². The summed E-state index contributed by atoms with van der Waals surface area (Å²) in [4.78, 5) is 10.1. The molecule has 0 aliphatic heterocycles. The van der Waals surface area contributed by atoms with Crippen LogP contribution in [-0.2, 0) is 0 Å². The van der Waals surface area contributed by atoms with Crippen LogP contribution >= 0.6 is 22.6 Å². The van der Waals surface area contributed by atoms with Gasteiger partial charge in [0.15, 0.2) is 0 Å². The van der Waals surface area contributed by atoms with Gasteiger partial charge in [-0.2, -0.15) is 4.91 Å². The van der Waals surface area contributed by atoms with Crippen molar-refractivity contribution in [2.24, 2.45) is 5.18 Å². The highest BCUT2D eigenvalue weighted by Gasteiger charge is 2.22. The number of rotatable bonds is 1. The molecule has 0 spiro atoms. The van der Waals surface area contributed by atoms with E-state index in [-0.39, 0.29) is 6.04 Å². The van der Waals surface area contributed by atoms with Crippen LogP contribution in [0.4, 0.5) is 0 Å². The number of nitroso groups, excluding NO2 is 1. The summed E-state index contributed by atoms with van der Waals surface area (Å²) in [6.45, 7) is 0. The van der Waals surface area contributed by atoms with E-state index >= 15 is 0 Å². The Hall–Kier alpha value is 0.330. The molecule has 52 valence electrons. The van der Waals surface area contributed by atoms with Crippen molar-refractivity contribution in [3.05, 3.63) is 4.91 Å². The van der Waals surface area contributed by atoms with Gasteiger partial charge in [0, 0.05) is 3.92 Å². The van der Waals surface area contributed by atoms with Crippen LogP contribution in [-0.4, -0.2) is 9.97 Å². The second-order valence-corrected chi connectivity index (χ2v) is 4.07. The molecule has 2 nitrogen and oxygen atoms in total. The molecule has 1 rings (SSSR count). The lowest BCUT2D eigenvalue weighted by molar-refractivity contribution is 0.464. The lowest BCUT2D eigenvalue weighted by atomic mass is 9.96. The van der Waals surface area contributed by atoms with E-state index in [1.54, 1.807) is 0 Å². The Bertz CT molecular complexity index is 107. The van der Waals surface area contributed by atoms with Gasteiger partial charge in [0.25, 0.3) is 0 Å². The highest BCUT2D eigenvalue weighted by molar-refractivity contribution is 14.1. The van der Waals surface area contributed by atoms with Crippen LogP contribution in [0.5, 0.6) is 0 Å². The number of alkyl halides is 1. The van der Waals surface area contributed by atoms with E-state index in [4.69, 9.17) is 0 Å². The van der Waals surface area contributed by atoms with Gasteiger partial charge < -0.3 is 0 Å². The van der Waals surface area contributed by atoms with Crippen molar-refractivity contribution in [2.45, 2.75) is 35.6 Å². The van der Waals surface area contributed by atoms with Crippen LogP contribution in [0.15, 0.2) is 5.18 Å². The summed E-state index contributed by atoms with van der Waals surface area (Å²) in [6.07, 6.45) is 4.66. The highest BCUT2D eigenvalue weighted by atomic mass is 127. The number of halogens is 1. The minimum absolute atomic E-state index is 0.111. The molecular formula is C6H10INO. The molecule has 0 bridgehead atoms. The number of hydrogen-bond acceptors (Lipinski definition) is 2. The molecule has 0 amide bonds. The summed E-state index contributed by atoms with van der Waals surface area (Å²) >= 11 is 2.33. The van der Waals surface area contributed by atoms with Gasteiger partial charge in [-0.25, -0.2) is 0 Å². The summed E-state index contributed by atoms with van der Waals surface area (Å²) in [5.41, 5.74) is 0. The van der Waals surface area contributed by atoms with Crippen molar-refractivity contribution in [1.29, 1.82) is 0 Å². The summed E-state index contributed by atoms with van der Waals surface area (Å²) in [5, 5.41) is 3.07. The Balaban J connectivity index is 2.38. The first-order valence-corrected chi connectivity index (χ1v) is 4.55. The molecule has 0 radical (unpaired) electrons. The summed E-state index contributed by atoms with van der Waals surface area (Å²) in [5.74, 6) is 0. The van der Waals surface area contributed by atoms with Crippen LogP contribution in [0.25, 0.3) is 0 Å². The fourth-order valence-corrected chi connectivity index (χ4v) is 2.12. The van der Waals surface area contributed by atoms with E-state index in [0.29, 0.717) is 3.92 Å². The van der Waals surface area contributed by atoms with Crippen molar-refractivity contribution in [1.82, 2.24) is 0 Å². The van der Waals surface area contributed by atoms with Crippen molar-refractivity contribution >= 4 is 22.6 Å². The zero-order valence-corrected chi connectivity index (χ0v) is 7.37. The van der Waals surface area contributed by atoms with Gasteiger partial charge >= 0.3 is 0 Å². The van der Waals surface area contributed by atoms with Crippen molar-refractivity contribution in [3.8, 4) is 0 Å². The Kier molecular flexibility index (Phi) is 2.88. The van der Waals surface area contributed by atoms with E-state index < -0.39 is 0 Å². The zero-order chi connectivity index (χ0) is 6.69. The molecule has 0 aromatic carbocycles.